The second-order valence-electron chi connectivity index (χ2n) is 6.95. The molecule has 0 atom stereocenters. The summed E-state index contributed by atoms with van der Waals surface area (Å²) in [5.74, 6) is -0.287. The van der Waals surface area contributed by atoms with E-state index in [0.717, 1.165) is 10.7 Å². The lowest BCUT2D eigenvalue weighted by atomic mass is 10.1. The molecule has 4 aromatic rings. The highest BCUT2D eigenvalue weighted by Crippen LogP contribution is 2.28. The van der Waals surface area contributed by atoms with E-state index in [2.05, 4.69) is 15.7 Å². The topological polar surface area (TPSA) is 89.2 Å². The molecule has 0 saturated heterocycles. The number of benzene rings is 2. The predicted molar refractivity (Wildman–Crippen MR) is 113 cm³/mol. The summed E-state index contributed by atoms with van der Waals surface area (Å²) in [6.07, 6.45) is -1.85. The number of para-hydroxylation sites is 1. The molecule has 168 valence electrons. The van der Waals surface area contributed by atoms with Crippen molar-refractivity contribution < 1.29 is 27.2 Å². The summed E-state index contributed by atoms with van der Waals surface area (Å²) in [7, 11) is 0. The van der Waals surface area contributed by atoms with Crippen molar-refractivity contribution in [2.75, 3.05) is 5.32 Å². The number of carbonyl (C=O) groups excluding carboxylic acids is 2. The normalized spacial score (nSPS) is 11.2. The number of furan rings is 1. The number of hydrogen-bond donors (Lipinski definition) is 2. The van der Waals surface area contributed by atoms with E-state index in [1.807, 2.05) is 0 Å². The van der Waals surface area contributed by atoms with Crippen molar-refractivity contribution in [2.45, 2.75) is 12.7 Å². The zero-order valence-corrected chi connectivity index (χ0v) is 17.0. The van der Waals surface area contributed by atoms with Crippen LogP contribution in [0.1, 0.15) is 32.2 Å². The van der Waals surface area contributed by atoms with Crippen LogP contribution in [-0.4, -0.2) is 21.6 Å². The summed E-state index contributed by atoms with van der Waals surface area (Å²) >= 11 is 0. The fraction of sp³-hybridized carbons (Fsp3) is 0.0870. The van der Waals surface area contributed by atoms with E-state index in [1.165, 1.54) is 36.7 Å². The number of nitrogens with zero attached hydrogens (tertiary/aromatic N) is 2. The molecule has 0 unspecified atom stereocenters. The monoisotopic (exact) mass is 454 g/mol. The van der Waals surface area contributed by atoms with Crippen molar-refractivity contribution in [1.82, 2.24) is 15.1 Å². The van der Waals surface area contributed by atoms with E-state index in [0.29, 0.717) is 17.1 Å². The number of amides is 2. The molecule has 0 spiro atoms. The molecule has 0 radical (unpaired) electrons. The van der Waals surface area contributed by atoms with Gasteiger partial charge in [0.05, 0.1) is 29.7 Å². The smallest absolute Gasteiger partial charge is 0.435 e. The van der Waals surface area contributed by atoms with Gasteiger partial charge in [-0.1, -0.05) is 12.1 Å². The van der Waals surface area contributed by atoms with Crippen LogP contribution in [0.3, 0.4) is 0 Å². The van der Waals surface area contributed by atoms with Crippen LogP contribution in [0, 0.1) is 0 Å². The SMILES string of the molecule is O=C(Nc1ccccc1C(=O)NCc1ccco1)c1ccc(-n2ccc(C(F)(F)F)n2)cc1. The van der Waals surface area contributed by atoms with Crippen LogP contribution in [0.2, 0.25) is 0 Å². The molecule has 2 N–H and O–H groups in total. The lowest BCUT2D eigenvalue weighted by Gasteiger charge is -2.11. The largest absolute Gasteiger partial charge is 0.467 e. The predicted octanol–water partition coefficient (Wildman–Crippen LogP) is 4.67. The van der Waals surface area contributed by atoms with Crippen molar-refractivity contribution >= 4 is 17.5 Å². The van der Waals surface area contributed by atoms with Gasteiger partial charge in [-0.25, -0.2) is 4.68 Å². The van der Waals surface area contributed by atoms with E-state index in [9.17, 15) is 22.8 Å². The highest BCUT2D eigenvalue weighted by molar-refractivity contribution is 6.09. The number of alkyl halides is 3. The first kappa shape index (κ1) is 21.9. The lowest BCUT2D eigenvalue weighted by Crippen LogP contribution is -2.24. The minimum atomic E-state index is -4.54. The Kier molecular flexibility index (Phi) is 5.99. The van der Waals surface area contributed by atoms with Crippen LogP contribution in [0.15, 0.2) is 83.6 Å². The number of anilines is 1. The van der Waals surface area contributed by atoms with Gasteiger partial charge in [0.1, 0.15) is 5.76 Å². The number of aromatic nitrogens is 2. The van der Waals surface area contributed by atoms with Gasteiger partial charge in [-0.15, -0.1) is 0 Å². The van der Waals surface area contributed by atoms with Gasteiger partial charge in [-0.05, 0) is 54.6 Å². The minimum absolute atomic E-state index is 0.194. The number of nitrogens with one attached hydrogen (secondary N) is 2. The quantitative estimate of drug-likeness (QED) is 0.443. The third-order valence-corrected chi connectivity index (χ3v) is 4.70. The standard InChI is InChI=1S/C23H17F3N4O3/c24-23(25,26)20-11-12-30(29-20)16-9-7-15(8-10-16)21(31)28-19-6-2-1-5-18(19)22(32)27-14-17-4-3-13-33-17/h1-13H,14H2,(H,27,32)(H,28,31). The Bertz CT molecular complexity index is 1260. The fourth-order valence-electron chi connectivity index (χ4n) is 3.04. The molecule has 0 saturated carbocycles. The summed E-state index contributed by atoms with van der Waals surface area (Å²) in [6, 6.07) is 16.7. The molecular weight excluding hydrogens is 437 g/mol. The zero-order chi connectivity index (χ0) is 23.4. The van der Waals surface area contributed by atoms with Gasteiger partial charge in [-0.2, -0.15) is 18.3 Å². The fourth-order valence-corrected chi connectivity index (χ4v) is 3.04. The summed E-state index contributed by atoms with van der Waals surface area (Å²) < 4.78 is 44.5. The Balaban J connectivity index is 1.45. The molecule has 0 aliphatic carbocycles. The summed E-state index contributed by atoms with van der Waals surface area (Å²) in [6.45, 7) is 0.194. The van der Waals surface area contributed by atoms with E-state index < -0.39 is 23.7 Å². The van der Waals surface area contributed by atoms with Gasteiger partial charge in [0.2, 0.25) is 0 Å². The van der Waals surface area contributed by atoms with Crippen LogP contribution >= 0.6 is 0 Å². The van der Waals surface area contributed by atoms with E-state index in [-0.39, 0.29) is 17.7 Å². The second-order valence-corrected chi connectivity index (χ2v) is 6.95. The van der Waals surface area contributed by atoms with Gasteiger partial charge in [0.25, 0.3) is 11.8 Å². The molecule has 0 aliphatic heterocycles. The molecule has 7 nitrogen and oxygen atoms in total. The molecule has 10 heteroatoms. The van der Waals surface area contributed by atoms with Crippen LogP contribution in [0.25, 0.3) is 5.69 Å². The highest BCUT2D eigenvalue weighted by atomic mass is 19.4. The highest BCUT2D eigenvalue weighted by Gasteiger charge is 2.33. The van der Waals surface area contributed by atoms with Crippen molar-refractivity contribution in [3.05, 3.63) is 102 Å². The average Bonchev–Trinajstić information content (AvgIpc) is 3.50. The lowest BCUT2D eigenvalue weighted by molar-refractivity contribution is -0.141. The van der Waals surface area contributed by atoms with Gasteiger partial charge >= 0.3 is 6.18 Å². The average molecular weight is 454 g/mol. The number of halogens is 3. The molecule has 33 heavy (non-hydrogen) atoms. The Hall–Kier alpha value is -4.34. The van der Waals surface area contributed by atoms with Crippen molar-refractivity contribution in [3.63, 3.8) is 0 Å². The summed E-state index contributed by atoms with van der Waals surface area (Å²) in [5.41, 5.74) is 0.189. The van der Waals surface area contributed by atoms with Crippen LogP contribution in [0.5, 0.6) is 0 Å². The molecule has 0 bridgehead atoms. The second kappa shape index (κ2) is 9.03. The molecule has 0 fully saturated rings. The Morgan fingerprint density at radius 1 is 0.939 bits per heavy atom. The Morgan fingerprint density at radius 2 is 1.70 bits per heavy atom. The third kappa shape index (κ3) is 5.12. The van der Waals surface area contributed by atoms with Crippen LogP contribution in [0.4, 0.5) is 18.9 Å². The maximum atomic E-state index is 12.7. The van der Waals surface area contributed by atoms with E-state index >= 15 is 0 Å². The van der Waals surface area contributed by atoms with Crippen molar-refractivity contribution in [3.8, 4) is 5.69 Å². The number of hydrogen-bond acceptors (Lipinski definition) is 4. The summed E-state index contributed by atoms with van der Waals surface area (Å²) in [4.78, 5) is 25.2. The van der Waals surface area contributed by atoms with E-state index in [4.69, 9.17) is 4.42 Å². The number of rotatable bonds is 6. The molecular formula is C23H17F3N4O3. The molecule has 2 aromatic carbocycles. The molecule has 2 heterocycles. The molecule has 0 aliphatic rings. The van der Waals surface area contributed by atoms with Crippen LogP contribution in [-0.2, 0) is 12.7 Å². The molecule has 2 aromatic heterocycles. The number of carbonyl (C=O) groups is 2. The Morgan fingerprint density at radius 3 is 2.36 bits per heavy atom. The Labute approximate surface area is 185 Å². The van der Waals surface area contributed by atoms with Gasteiger partial charge < -0.3 is 15.1 Å². The van der Waals surface area contributed by atoms with Crippen molar-refractivity contribution in [1.29, 1.82) is 0 Å². The summed E-state index contributed by atoms with van der Waals surface area (Å²) in [5, 5.41) is 8.91. The minimum Gasteiger partial charge on any atom is -0.467 e. The first-order chi connectivity index (χ1) is 15.8. The van der Waals surface area contributed by atoms with Gasteiger partial charge in [0, 0.05) is 11.8 Å². The van der Waals surface area contributed by atoms with Crippen LogP contribution < -0.4 is 10.6 Å². The zero-order valence-electron chi connectivity index (χ0n) is 17.0. The maximum absolute atomic E-state index is 12.7. The van der Waals surface area contributed by atoms with Crippen molar-refractivity contribution in [2.24, 2.45) is 0 Å². The maximum Gasteiger partial charge on any atom is 0.435 e. The first-order valence-corrected chi connectivity index (χ1v) is 9.75. The molecule has 2 amide bonds. The molecule has 4 rings (SSSR count). The van der Waals surface area contributed by atoms with Gasteiger partial charge in [-0.3, -0.25) is 9.59 Å². The van der Waals surface area contributed by atoms with Gasteiger partial charge in [0.15, 0.2) is 5.69 Å². The first-order valence-electron chi connectivity index (χ1n) is 9.75. The van der Waals surface area contributed by atoms with E-state index in [1.54, 1.807) is 36.4 Å². The third-order valence-electron chi connectivity index (χ3n) is 4.70.